The van der Waals surface area contributed by atoms with Crippen LogP contribution < -0.4 is 0 Å². The van der Waals surface area contributed by atoms with Crippen LogP contribution in [-0.4, -0.2) is 5.78 Å². The Morgan fingerprint density at radius 3 is 2.57 bits per heavy atom. The fraction of sp³-hybridized carbons (Fsp3) is 0.526. The van der Waals surface area contributed by atoms with E-state index in [1.807, 2.05) is 18.2 Å². The monoisotopic (exact) mass is 288 g/mol. The fourth-order valence-corrected chi connectivity index (χ4v) is 3.10. The Balaban J connectivity index is 2.07. The van der Waals surface area contributed by atoms with Gasteiger partial charge < -0.3 is 0 Å². The van der Waals surface area contributed by atoms with Crippen LogP contribution in [0.1, 0.15) is 69.8 Å². The Morgan fingerprint density at radius 1 is 1.14 bits per heavy atom. The van der Waals surface area contributed by atoms with Crippen molar-refractivity contribution in [2.45, 2.75) is 64.2 Å². The van der Waals surface area contributed by atoms with Gasteiger partial charge in [0.2, 0.25) is 0 Å². The molecule has 0 N–H and O–H groups in total. The molecular weight excluding hydrogens is 263 g/mol. The molecule has 1 unspecified atom stereocenters. The van der Waals surface area contributed by atoms with Gasteiger partial charge in [0.15, 0.2) is 5.78 Å². The summed E-state index contributed by atoms with van der Waals surface area (Å²) < 4.78 is 13.1. The zero-order valence-corrected chi connectivity index (χ0v) is 12.9. The summed E-state index contributed by atoms with van der Waals surface area (Å²) in [6, 6.07) is 6.89. The minimum Gasteiger partial charge on any atom is -0.295 e. The number of unbranched alkanes of at least 4 members (excludes halogenated alkanes) is 2. The van der Waals surface area contributed by atoms with Crippen LogP contribution >= 0.6 is 0 Å². The number of allylic oxidation sites excluding steroid dienone is 2. The van der Waals surface area contributed by atoms with Crippen LogP contribution in [0, 0.1) is 5.82 Å². The summed E-state index contributed by atoms with van der Waals surface area (Å²) in [6.45, 7) is 2.20. The molecule has 2 heteroatoms. The summed E-state index contributed by atoms with van der Waals surface area (Å²) in [5.74, 6) is 0.495. The van der Waals surface area contributed by atoms with Crippen LogP contribution in [-0.2, 0) is 4.79 Å². The fourth-order valence-electron chi connectivity index (χ4n) is 3.10. The Hall–Kier alpha value is -1.44. The lowest BCUT2D eigenvalue weighted by molar-refractivity contribution is -0.115. The topological polar surface area (TPSA) is 17.1 Å². The molecule has 0 fully saturated rings. The Morgan fingerprint density at radius 2 is 1.90 bits per heavy atom. The molecule has 0 bridgehead atoms. The predicted octanol–water partition coefficient (Wildman–Crippen LogP) is 5.56. The van der Waals surface area contributed by atoms with Gasteiger partial charge in [-0.25, -0.2) is 4.39 Å². The van der Waals surface area contributed by atoms with Crippen molar-refractivity contribution in [1.29, 1.82) is 0 Å². The van der Waals surface area contributed by atoms with E-state index in [0.29, 0.717) is 12.3 Å². The van der Waals surface area contributed by atoms with Crippen molar-refractivity contribution in [2.24, 2.45) is 0 Å². The highest BCUT2D eigenvalue weighted by atomic mass is 19.1. The maximum Gasteiger partial charge on any atom is 0.155 e. The maximum atomic E-state index is 13.1. The number of carbonyl (C=O) groups is 1. The van der Waals surface area contributed by atoms with Crippen LogP contribution in [0.4, 0.5) is 4.39 Å². The summed E-state index contributed by atoms with van der Waals surface area (Å²) >= 11 is 0. The highest BCUT2D eigenvalue weighted by molar-refractivity contribution is 5.91. The molecule has 1 aromatic carbocycles. The lowest BCUT2D eigenvalue weighted by Crippen LogP contribution is -2.07. The van der Waals surface area contributed by atoms with Gasteiger partial charge in [-0.05, 0) is 55.4 Å². The molecule has 1 atom stereocenters. The van der Waals surface area contributed by atoms with E-state index in [0.717, 1.165) is 25.7 Å². The number of ketones is 1. The van der Waals surface area contributed by atoms with Gasteiger partial charge in [0, 0.05) is 6.42 Å². The molecule has 0 amide bonds. The zero-order chi connectivity index (χ0) is 15.1. The highest BCUT2D eigenvalue weighted by Crippen LogP contribution is 2.32. The van der Waals surface area contributed by atoms with Crippen LogP contribution in [0.15, 0.2) is 35.9 Å². The Bertz CT molecular complexity index is 487. The van der Waals surface area contributed by atoms with Crippen molar-refractivity contribution < 1.29 is 9.18 Å². The quantitative estimate of drug-likeness (QED) is 0.600. The van der Waals surface area contributed by atoms with Crippen molar-refractivity contribution in [1.82, 2.24) is 0 Å². The summed E-state index contributed by atoms with van der Waals surface area (Å²) in [5.41, 5.74) is 2.48. The van der Waals surface area contributed by atoms with Gasteiger partial charge >= 0.3 is 0 Å². The number of halogens is 1. The molecule has 0 radical (unpaired) electrons. The molecule has 1 aliphatic carbocycles. The number of benzene rings is 1. The standard InChI is InChI=1S/C19H25FO/c1-2-3-4-7-17(16-9-11-18(20)12-10-16)13-15-6-5-8-19(21)14-15/h9-12,14,17H,2-8,13H2,1H3. The molecule has 1 aliphatic rings. The molecule has 0 saturated carbocycles. The molecule has 0 heterocycles. The first kappa shape index (κ1) is 15.9. The molecule has 114 valence electrons. The lowest BCUT2D eigenvalue weighted by Gasteiger charge is -2.21. The Labute approximate surface area is 127 Å². The molecule has 0 aromatic heterocycles. The molecular formula is C19H25FO. The third-order valence-electron chi connectivity index (χ3n) is 4.29. The van der Waals surface area contributed by atoms with Gasteiger partial charge in [0.05, 0.1) is 0 Å². The van der Waals surface area contributed by atoms with Crippen molar-refractivity contribution >= 4 is 5.78 Å². The first-order chi connectivity index (χ1) is 10.2. The van der Waals surface area contributed by atoms with Crippen LogP contribution in [0.5, 0.6) is 0 Å². The van der Waals surface area contributed by atoms with E-state index in [4.69, 9.17) is 0 Å². The predicted molar refractivity (Wildman–Crippen MR) is 84.8 cm³/mol. The van der Waals surface area contributed by atoms with E-state index in [2.05, 4.69) is 6.92 Å². The number of hydrogen-bond acceptors (Lipinski definition) is 1. The minimum atomic E-state index is -0.182. The molecule has 0 saturated heterocycles. The summed E-state index contributed by atoms with van der Waals surface area (Å²) in [5, 5.41) is 0. The number of hydrogen-bond donors (Lipinski definition) is 0. The van der Waals surface area contributed by atoms with Gasteiger partial charge in [-0.1, -0.05) is 43.9 Å². The van der Waals surface area contributed by atoms with E-state index < -0.39 is 0 Å². The van der Waals surface area contributed by atoms with Crippen molar-refractivity contribution in [3.05, 3.63) is 47.3 Å². The van der Waals surface area contributed by atoms with Crippen molar-refractivity contribution in [2.75, 3.05) is 0 Å². The lowest BCUT2D eigenvalue weighted by atomic mass is 9.84. The molecule has 0 spiro atoms. The van der Waals surface area contributed by atoms with Gasteiger partial charge in [-0.15, -0.1) is 0 Å². The second-order valence-corrected chi connectivity index (χ2v) is 6.07. The second-order valence-electron chi connectivity index (χ2n) is 6.07. The van der Waals surface area contributed by atoms with Crippen LogP contribution in [0.3, 0.4) is 0 Å². The first-order valence-electron chi connectivity index (χ1n) is 8.16. The van der Waals surface area contributed by atoms with E-state index >= 15 is 0 Å². The highest BCUT2D eigenvalue weighted by Gasteiger charge is 2.17. The third kappa shape index (κ3) is 5.11. The van der Waals surface area contributed by atoms with Gasteiger partial charge in [-0.2, -0.15) is 0 Å². The molecule has 21 heavy (non-hydrogen) atoms. The normalized spacial score (nSPS) is 16.7. The van der Waals surface area contributed by atoms with E-state index in [1.165, 1.54) is 30.4 Å². The minimum absolute atomic E-state index is 0.182. The smallest absolute Gasteiger partial charge is 0.155 e. The molecule has 1 aromatic rings. The van der Waals surface area contributed by atoms with Gasteiger partial charge in [0.25, 0.3) is 0 Å². The first-order valence-corrected chi connectivity index (χ1v) is 8.16. The van der Waals surface area contributed by atoms with E-state index in [1.54, 1.807) is 12.1 Å². The maximum absolute atomic E-state index is 13.1. The second kappa shape index (κ2) is 8.11. The van der Waals surface area contributed by atoms with Crippen molar-refractivity contribution in [3.63, 3.8) is 0 Å². The Kier molecular flexibility index (Phi) is 6.16. The van der Waals surface area contributed by atoms with E-state index in [9.17, 15) is 9.18 Å². The zero-order valence-electron chi connectivity index (χ0n) is 12.9. The summed E-state index contributed by atoms with van der Waals surface area (Å²) in [4.78, 5) is 11.6. The molecule has 2 rings (SSSR count). The average molecular weight is 288 g/mol. The van der Waals surface area contributed by atoms with Crippen LogP contribution in [0.25, 0.3) is 0 Å². The SMILES string of the molecule is CCCCCC(CC1=CC(=O)CCC1)c1ccc(F)cc1. The summed E-state index contributed by atoms with van der Waals surface area (Å²) in [6.07, 6.45) is 10.3. The summed E-state index contributed by atoms with van der Waals surface area (Å²) in [7, 11) is 0. The molecule has 0 aliphatic heterocycles. The van der Waals surface area contributed by atoms with E-state index in [-0.39, 0.29) is 11.6 Å². The largest absolute Gasteiger partial charge is 0.295 e. The molecule has 1 nitrogen and oxygen atoms in total. The number of carbonyl (C=O) groups excluding carboxylic acids is 1. The van der Waals surface area contributed by atoms with Gasteiger partial charge in [0.1, 0.15) is 5.82 Å². The van der Waals surface area contributed by atoms with Gasteiger partial charge in [-0.3, -0.25) is 4.79 Å². The number of rotatable bonds is 7. The van der Waals surface area contributed by atoms with Crippen LogP contribution in [0.2, 0.25) is 0 Å². The third-order valence-corrected chi connectivity index (χ3v) is 4.29. The average Bonchev–Trinajstić information content (AvgIpc) is 2.47. The van der Waals surface area contributed by atoms with Crippen molar-refractivity contribution in [3.8, 4) is 0 Å².